The molecule has 2 atom stereocenters. The van der Waals surface area contributed by atoms with Gasteiger partial charge in [0.05, 0.1) is 11.6 Å². The Morgan fingerprint density at radius 3 is 2.33 bits per heavy atom. The topological polar surface area (TPSA) is 97.6 Å². The summed E-state index contributed by atoms with van der Waals surface area (Å²) in [6.45, 7) is 8.48. The number of rotatable bonds is 3. The second-order valence-corrected chi connectivity index (χ2v) is 9.88. The van der Waals surface area contributed by atoms with Crippen molar-refractivity contribution in [3.8, 4) is 11.3 Å². The lowest BCUT2D eigenvalue weighted by Crippen LogP contribution is -2.52. The van der Waals surface area contributed by atoms with Crippen molar-refractivity contribution >= 4 is 17.6 Å². The van der Waals surface area contributed by atoms with E-state index in [1.807, 2.05) is 55.5 Å². The maximum Gasteiger partial charge on any atom is 0.239 e. The van der Waals surface area contributed by atoms with Crippen molar-refractivity contribution in [1.29, 1.82) is 0 Å². The van der Waals surface area contributed by atoms with E-state index in [-0.39, 0.29) is 17.3 Å². The van der Waals surface area contributed by atoms with Crippen LogP contribution in [0.3, 0.4) is 0 Å². The first-order chi connectivity index (χ1) is 15.5. The first-order valence-corrected chi connectivity index (χ1v) is 11.1. The number of benzene rings is 2. The van der Waals surface area contributed by atoms with Gasteiger partial charge in [0, 0.05) is 24.5 Å². The number of aromatic nitrogens is 1. The number of likely N-dealkylation sites (N-methyl/N-ethyl adjacent to an activating group) is 1. The maximum atomic E-state index is 13.5. The molecule has 2 aromatic carbocycles. The van der Waals surface area contributed by atoms with E-state index < -0.39 is 11.5 Å². The highest BCUT2D eigenvalue weighted by atomic mass is 16.2. The Kier molecular flexibility index (Phi) is 5.48. The molecule has 0 bridgehead atoms. The standard InChI is InChI=1S/C27H31N5O/c1-26(2,3)19-11-9-17(10-12-19)23-24(33)32(5)25(29)31-27(23,4)20-13-14-30-22(16-20)18-7-6-8-21(28)15-18/h6-16,23H,28H2,1-5H3,(H2,29,31)/t23-,27-/m1/s1. The first-order valence-electron chi connectivity index (χ1n) is 11.1. The highest BCUT2D eigenvalue weighted by Crippen LogP contribution is 2.44. The smallest absolute Gasteiger partial charge is 0.239 e. The predicted molar refractivity (Wildman–Crippen MR) is 134 cm³/mol. The molecule has 3 aromatic rings. The van der Waals surface area contributed by atoms with Crippen LogP contribution in [0, 0.1) is 0 Å². The van der Waals surface area contributed by atoms with E-state index in [2.05, 4.69) is 37.9 Å². The van der Waals surface area contributed by atoms with Crippen molar-refractivity contribution in [3.63, 3.8) is 0 Å². The third-order valence-corrected chi connectivity index (χ3v) is 6.47. The van der Waals surface area contributed by atoms with E-state index in [4.69, 9.17) is 16.5 Å². The average Bonchev–Trinajstić information content (AvgIpc) is 2.77. The summed E-state index contributed by atoms with van der Waals surface area (Å²) in [5.74, 6) is -0.414. The number of aliphatic imine (C=N–C) groups is 1. The number of hydrogen-bond donors (Lipinski definition) is 2. The quantitative estimate of drug-likeness (QED) is 0.588. The van der Waals surface area contributed by atoms with E-state index in [0.29, 0.717) is 5.69 Å². The molecule has 6 nitrogen and oxygen atoms in total. The van der Waals surface area contributed by atoms with Crippen molar-refractivity contribution in [2.45, 2.75) is 44.6 Å². The van der Waals surface area contributed by atoms with Crippen LogP contribution in [0.15, 0.2) is 71.9 Å². The Morgan fingerprint density at radius 2 is 1.70 bits per heavy atom. The second kappa shape index (κ2) is 8.03. The highest BCUT2D eigenvalue weighted by molar-refractivity contribution is 6.02. The van der Waals surface area contributed by atoms with E-state index in [1.54, 1.807) is 13.2 Å². The average molecular weight is 442 g/mol. The van der Waals surface area contributed by atoms with Crippen molar-refractivity contribution < 1.29 is 4.79 Å². The minimum Gasteiger partial charge on any atom is -0.399 e. The SMILES string of the molecule is CN1C(=O)[C@@H](c2ccc(C(C)(C)C)cc2)[C@@](C)(c2ccnc(-c3cccc(N)c3)c2)N=C1N. The summed E-state index contributed by atoms with van der Waals surface area (Å²) in [5, 5.41) is 0. The molecule has 0 spiro atoms. The summed E-state index contributed by atoms with van der Waals surface area (Å²) in [6.07, 6.45) is 1.74. The van der Waals surface area contributed by atoms with Crippen LogP contribution in [-0.2, 0) is 15.7 Å². The Morgan fingerprint density at radius 1 is 1.00 bits per heavy atom. The van der Waals surface area contributed by atoms with Crippen LogP contribution in [0.1, 0.15) is 50.3 Å². The van der Waals surface area contributed by atoms with Gasteiger partial charge in [0.1, 0.15) is 5.54 Å². The van der Waals surface area contributed by atoms with E-state index in [1.165, 1.54) is 10.5 Å². The van der Waals surface area contributed by atoms with Crippen molar-refractivity contribution in [2.75, 3.05) is 12.8 Å². The number of pyridine rings is 1. The molecule has 1 aliphatic rings. The zero-order chi connectivity index (χ0) is 24.0. The highest BCUT2D eigenvalue weighted by Gasteiger charge is 2.47. The first kappa shape index (κ1) is 22.5. The molecule has 0 saturated carbocycles. The van der Waals surface area contributed by atoms with Crippen molar-refractivity contribution in [2.24, 2.45) is 10.7 Å². The normalized spacial score (nSPS) is 21.1. The fourth-order valence-corrected chi connectivity index (χ4v) is 4.40. The van der Waals surface area contributed by atoms with Gasteiger partial charge in [0.15, 0.2) is 5.96 Å². The number of hydrogen-bond acceptors (Lipinski definition) is 5. The Hall–Kier alpha value is -3.67. The Labute approximate surface area is 195 Å². The van der Waals surface area contributed by atoms with Crippen LogP contribution >= 0.6 is 0 Å². The molecule has 170 valence electrons. The molecule has 0 unspecified atom stereocenters. The summed E-state index contributed by atoms with van der Waals surface area (Å²) >= 11 is 0. The third-order valence-electron chi connectivity index (χ3n) is 6.47. The number of carbonyl (C=O) groups excluding carboxylic acids is 1. The van der Waals surface area contributed by atoms with Crippen LogP contribution in [-0.4, -0.2) is 28.8 Å². The Balaban J connectivity index is 1.85. The van der Waals surface area contributed by atoms with Crippen molar-refractivity contribution in [3.05, 3.63) is 83.6 Å². The molecule has 0 saturated heterocycles. The lowest BCUT2D eigenvalue weighted by atomic mass is 9.73. The molecule has 0 fully saturated rings. The zero-order valence-corrected chi connectivity index (χ0v) is 19.8. The number of nitrogens with two attached hydrogens (primary N) is 2. The van der Waals surface area contributed by atoms with Gasteiger partial charge in [-0.15, -0.1) is 0 Å². The van der Waals surface area contributed by atoms with Crippen LogP contribution in [0.4, 0.5) is 5.69 Å². The molecule has 6 heteroatoms. The molecular weight excluding hydrogens is 410 g/mol. The predicted octanol–water partition coefficient (Wildman–Crippen LogP) is 4.41. The number of guanidine groups is 1. The van der Waals surface area contributed by atoms with Crippen LogP contribution in [0.25, 0.3) is 11.3 Å². The van der Waals surface area contributed by atoms with Gasteiger partial charge in [-0.05, 0) is 53.3 Å². The molecule has 33 heavy (non-hydrogen) atoms. The molecule has 1 aromatic heterocycles. The molecule has 4 N–H and O–H groups in total. The van der Waals surface area contributed by atoms with Crippen LogP contribution < -0.4 is 11.5 Å². The summed E-state index contributed by atoms with van der Waals surface area (Å²) in [6, 6.07) is 19.7. The van der Waals surface area contributed by atoms with Gasteiger partial charge in [-0.25, -0.2) is 4.99 Å². The van der Waals surface area contributed by atoms with Gasteiger partial charge >= 0.3 is 0 Å². The number of nitrogens with zero attached hydrogens (tertiary/aromatic N) is 3. The van der Waals surface area contributed by atoms with E-state index in [9.17, 15) is 4.79 Å². The lowest BCUT2D eigenvalue weighted by Gasteiger charge is -2.41. The fourth-order valence-electron chi connectivity index (χ4n) is 4.40. The molecule has 2 heterocycles. The second-order valence-electron chi connectivity index (χ2n) is 9.88. The van der Waals surface area contributed by atoms with Gasteiger partial charge in [-0.2, -0.15) is 0 Å². The summed E-state index contributed by atoms with van der Waals surface area (Å²) in [4.78, 5) is 24.4. The molecule has 4 rings (SSSR count). The third kappa shape index (κ3) is 4.09. The van der Waals surface area contributed by atoms with Crippen molar-refractivity contribution in [1.82, 2.24) is 9.88 Å². The molecule has 1 amide bonds. The minimum atomic E-state index is -0.894. The van der Waals surface area contributed by atoms with Crippen LogP contribution in [0.5, 0.6) is 0 Å². The maximum absolute atomic E-state index is 13.5. The monoisotopic (exact) mass is 441 g/mol. The lowest BCUT2D eigenvalue weighted by molar-refractivity contribution is -0.130. The largest absolute Gasteiger partial charge is 0.399 e. The fraction of sp³-hybridized carbons (Fsp3) is 0.296. The molecular formula is C27H31N5O. The van der Waals surface area contributed by atoms with Gasteiger partial charge < -0.3 is 11.5 Å². The number of carbonyl (C=O) groups is 1. The zero-order valence-electron chi connectivity index (χ0n) is 19.8. The number of amides is 1. The summed E-state index contributed by atoms with van der Waals surface area (Å²) in [5.41, 5.74) is 16.6. The van der Waals surface area contributed by atoms with E-state index >= 15 is 0 Å². The Bertz CT molecular complexity index is 1230. The number of nitrogen functional groups attached to an aromatic ring is 1. The molecule has 0 radical (unpaired) electrons. The number of anilines is 1. The van der Waals surface area contributed by atoms with Gasteiger partial charge in [-0.3, -0.25) is 14.7 Å². The minimum absolute atomic E-state index is 0.0231. The molecule has 0 aliphatic carbocycles. The molecule has 1 aliphatic heterocycles. The summed E-state index contributed by atoms with van der Waals surface area (Å²) < 4.78 is 0. The van der Waals surface area contributed by atoms with Gasteiger partial charge in [0.25, 0.3) is 0 Å². The van der Waals surface area contributed by atoms with Gasteiger partial charge in [0.2, 0.25) is 5.91 Å². The summed E-state index contributed by atoms with van der Waals surface area (Å²) in [7, 11) is 1.67. The van der Waals surface area contributed by atoms with Gasteiger partial charge in [-0.1, -0.05) is 57.2 Å². The van der Waals surface area contributed by atoms with E-state index in [0.717, 1.165) is 22.4 Å². The van der Waals surface area contributed by atoms with Crippen LogP contribution in [0.2, 0.25) is 0 Å².